The molecule has 0 fully saturated rings. The van der Waals surface area contributed by atoms with E-state index in [0.717, 1.165) is 12.8 Å². The molecule has 17 heavy (non-hydrogen) atoms. The van der Waals surface area contributed by atoms with Gasteiger partial charge in [-0.1, -0.05) is 0 Å². The van der Waals surface area contributed by atoms with E-state index in [2.05, 4.69) is 19.9 Å². The molecular formula is C13H21NO2S. The molecule has 0 spiro atoms. The van der Waals surface area contributed by atoms with Gasteiger partial charge < -0.3 is 10.5 Å². The highest BCUT2D eigenvalue weighted by atomic mass is 32.1. The van der Waals surface area contributed by atoms with E-state index in [0.29, 0.717) is 13.0 Å². The molecule has 0 aliphatic heterocycles. The second-order valence-corrected chi connectivity index (χ2v) is 5.63. The maximum Gasteiger partial charge on any atom is 0.305 e. The van der Waals surface area contributed by atoms with Crippen LogP contribution in [0.3, 0.4) is 0 Å². The monoisotopic (exact) mass is 255 g/mol. The number of rotatable bonds is 6. The summed E-state index contributed by atoms with van der Waals surface area (Å²) >= 11 is 1.77. The molecule has 0 bridgehead atoms. The summed E-state index contributed by atoms with van der Waals surface area (Å²) in [7, 11) is 0. The first-order valence-electron chi connectivity index (χ1n) is 6.02. The van der Waals surface area contributed by atoms with Gasteiger partial charge in [-0.2, -0.15) is 0 Å². The van der Waals surface area contributed by atoms with Gasteiger partial charge in [0.25, 0.3) is 0 Å². The van der Waals surface area contributed by atoms with Crippen molar-refractivity contribution in [1.29, 1.82) is 0 Å². The van der Waals surface area contributed by atoms with Crippen LogP contribution in [0.5, 0.6) is 0 Å². The topological polar surface area (TPSA) is 52.3 Å². The van der Waals surface area contributed by atoms with Crippen LogP contribution in [0.25, 0.3) is 0 Å². The van der Waals surface area contributed by atoms with E-state index in [1.165, 1.54) is 15.3 Å². The van der Waals surface area contributed by atoms with E-state index in [1.54, 1.807) is 11.3 Å². The molecule has 1 heterocycles. The highest BCUT2D eigenvalue weighted by Crippen LogP contribution is 2.27. The number of carbonyl (C=O) groups excluding carboxylic acids is 1. The summed E-state index contributed by atoms with van der Waals surface area (Å²) in [5, 5.41) is 0. The number of hydrogen-bond donors (Lipinski definition) is 1. The van der Waals surface area contributed by atoms with E-state index < -0.39 is 0 Å². The van der Waals surface area contributed by atoms with Crippen molar-refractivity contribution in [3.05, 3.63) is 21.4 Å². The molecule has 0 saturated carbocycles. The Morgan fingerprint density at radius 1 is 1.53 bits per heavy atom. The largest absolute Gasteiger partial charge is 0.466 e. The lowest BCUT2D eigenvalue weighted by atomic mass is 10.0. The van der Waals surface area contributed by atoms with Crippen molar-refractivity contribution in [3.8, 4) is 0 Å². The smallest absolute Gasteiger partial charge is 0.305 e. The van der Waals surface area contributed by atoms with Crippen LogP contribution in [0.15, 0.2) is 6.07 Å². The molecule has 4 heteroatoms. The Morgan fingerprint density at radius 3 is 2.76 bits per heavy atom. The van der Waals surface area contributed by atoms with Gasteiger partial charge in [0.1, 0.15) is 0 Å². The summed E-state index contributed by atoms with van der Waals surface area (Å²) in [5.41, 5.74) is 7.34. The Labute approximate surface area is 107 Å². The van der Waals surface area contributed by atoms with Crippen LogP contribution in [0.4, 0.5) is 0 Å². The third-order valence-corrected chi connectivity index (χ3v) is 3.66. The molecule has 3 nitrogen and oxygen atoms in total. The fourth-order valence-corrected chi connectivity index (χ4v) is 2.87. The Bertz CT molecular complexity index is 373. The van der Waals surface area contributed by atoms with E-state index in [1.807, 2.05) is 6.92 Å². The van der Waals surface area contributed by atoms with Crippen molar-refractivity contribution in [2.45, 2.75) is 46.1 Å². The molecule has 2 N–H and O–H groups in total. The lowest BCUT2D eigenvalue weighted by Crippen LogP contribution is -2.11. The van der Waals surface area contributed by atoms with Crippen LogP contribution in [-0.4, -0.2) is 12.6 Å². The summed E-state index contributed by atoms with van der Waals surface area (Å²) < 4.78 is 4.88. The first-order valence-corrected chi connectivity index (χ1v) is 6.84. The average Bonchev–Trinajstić information content (AvgIpc) is 2.58. The lowest BCUT2D eigenvalue weighted by molar-refractivity contribution is -0.143. The van der Waals surface area contributed by atoms with E-state index in [9.17, 15) is 4.79 Å². The quantitative estimate of drug-likeness (QED) is 0.795. The second-order valence-electron chi connectivity index (χ2n) is 4.17. The average molecular weight is 255 g/mol. The molecule has 0 aliphatic rings. The number of aryl methyl sites for hydroxylation is 2. The van der Waals surface area contributed by atoms with Crippen LogP contribution >= 0.6 is 11.3 Å². The van der Waals surface area contributed by atoms with Crippen molar-refractivity contribution >= 4 is 17.3 Å². The molecule has 1 rings (SSSR count). The van der Waals surface area contributed by atoms with E-state index in [4.69, 9.17) is 10.5 Å². The summed E-state index contributed by atoms with van der Waals surface area (Å²) in [6, 6.07) is 2.18. The van der Waals surface area contributed by atoms with Crippen LogP contribution in [-0.2, 0) is 9.53 Å². The van der Waals surface area contributed by atoms with Gasteiger partial charge in [-0.25, -0.2) is 0 Å². The number of ether oxygens (including phenoxy) is 1. The zero-order valence-electron chi connectivity index (χ0n) is 10.8. The maximum absolute atomic E-state index is 11.2. The predicted octanol–water partition coefficient (Wildman–Crippen LogP) is 3.10. The van der Waals surface area contributed by atoms with Crippen molar-refractivity contribution in [3.63, 3.8) is 0 Å². The molecular weight excluding hydrogens is 234 g/mol. The molecule has 0 amide bonds. The van der Waals surface area contributed by atoms with Gasteiger partial charge >= 0.3 is 5.97 Å². The van der Waals surface area contributed by atoms with Gasteiger partial charge in [-0.3, -0.25) is 4.79 Å². The first-order chi connectivity index (χ1) is 8.04. The number of nitrogens with two attached hydrogens (primary N) is 1. The standard InChI is InChI=1S/C13H21NO2S/c1-4-16-13(15)7-5-6-12(14)11-8-9(2)17-10(11)3/h8,12H,4-7,14H2,1-3H3. The lowest BCUT2D eigenvalue weighted by Gasteiger charge is -2.10. The van der Waals surface area contributed by atoms with Crippen LogP contribution in [0.2, 0.25) is 0 Å². The van der Waals surface area contributed by atoms with Gasteiger partial charge in [-0.05, 0) is 45.2 Å². The Kier molecular flexibility index (Phi) is 5.65. The molecule has 1 aromatic heterocycles. The summed E-state index contributed by atoms with van der Waals surface area (Å²) in [6.07, 6.45) is 2.08. The minimum Gasteiger partial charge on any atom is -0.466 e. The number of thiophene rings is 1. The molecule has 0 aliphatic carbocycles. The fraction of sp³-hybridized carbons (Fsp3) is 0.615. The number of carbonyl (C=O) groups is 1. The third kappa shape index (κ3) is 4.48. The van der Waals surface area contributed by atoms with Crippen molar-refractivity contribution in [2.24, 2.45) is 5.73 Å². The van der Waals surface area contributed by atoms with Gasteiger partial charge in [0, 0.05) is 22.2 Å². The molecule has 1 unspecified atom stereocenters. The Morgan fingerprint density at radius 2 is 2.24 bits per heavy atom. The highest BCUT2D eigenvalue weighted by Gasteiger charge is 2.12. The maximum atomic E-state index is 11.2. The molecule has 1 aromatic rings. The van der Waals surface area contributed by atoms with Crippen LogP contribution < -0.4 is 5.73 Å². The minimum absolute atomic E-state index is 0.0365. The van der Waals surface area contributed by atoms with E-state index in [-0.39, 0.29) is 12.0 Å². The zero-order valence-corrected chi connectivity index (χ0v) is 11.6. The molecule has 1 atom stereocenters. The molecule has 0 aromatic carbocycles. The molecule has 96 valence electrons. The van der Waals surface area contributed by atoms with Crippen LogP contribution in [0.1, 0.15) is 47.5 Å². The van der Waals surface area contributed by atoms with Gasteiger partial charge in [-0.15, -0.1) is 11.3 Å². The third-order valence-electron chi connectivity index (χ3n) is 2.68. The zero-order chi connectivity index (χ0) is 12.8. The van der Waals surface area contributed by atoms with Crippen molar-refractivity contribution in [2.75, 3.05) is 6.61 Å². The Hall–Kier alpha value is -0.870. The molecule has 0 radical (unpaired) electrons. The fourth-order valence-electron chi connectivity index (χ4n) is 1.87. The summed E-state index contributed by atoms with van der Waals surface area (Å²) in [6.45, 7) is 6.46. The van der Waals surface area contributed by atoms with Crippen LogP contribution in [0, 0.1) is 13.8 Å². The van der Waals surface area contributed by atoms with Gasteiger partial charge in [0.2, 0.25) is 0 Å². The minimum atomic E-state index is -0.127. The second kappa shape index (κ2) is 6.77. The highest BCUT2D eigenvalue weighted by molar-refractivity contribution is 7.12. The first kappa shape index (κ1) is 14.2. The Balaban J connectivity index is 2.37. The van der Waals surface area contributed by atoms with Crippen molar-refractivity contribution in [1.82, 2.24) is 0 Å². The van der Waals surface area contributed by atoms with Gasteiger partial charge in [0.05, 0.1) is 6.61 Å². The van der Waals surface area contributed by atoms with E-state index >= 15 is 0 Å². The normalized spacial score (nSPS) is 12.5. The molecule has 0 saturated heterocycles. The summed E-state index contributed by atoms with van der Waals surface area (Å²) in [4.78, 5) is 13.7. The van der Waals surface area contributed by atoms with Gasteiger partial charge in [0.15, 0.2) is 0 Å². The number of hydrogen-bond acceptors (Lipinski definition) is 4. The SMILES string of the molecule is CCOC(=O)CCCC(N)c1cc(C)sc1C. The predicted molar refractivity (Wildman–Crippen MR) is 71.2 cm³/mol. The summed E-state index contributed by atoms with van der Waals surface area (Å²) in [5.74, 6) is -0.127. The van der Waals surface area contributed by atoms with Crippen molar-refractivity contribution < 1.29 is 9.53 Å². The number of esters is 1.